The number of hydrogen-bond donors (Lipinski definition) is 2. The lowest BCUT2D eigenvalue weighted by Crippen LogP contribution is -2.41. The Morgan fingerprint density at radius 2 is 2.10 bits per heavy atom. The largest absolute Gasteiger partial charge is 0.495 e. The third kappa shape index (κ3) is 3.38. The number of para-hydroxylation sites is 2. The zero-order chi connectivity index (χ0) is 15.4. The van der Waals surface area contributed by atoms with E-state index < -0.39 is 6.04 Å². The highest BCUT2D eigenvalue weighted by Gasteiger charge is 2.35. The number of benzene rings is 1. The number of imide groups is 1. The van der Waals surface area contributed by atoms with Gasteiger partial charge in [0, 0.05) is 7.05 Å². The van der Waals surface area contributed by atoms with E-state index in [1.165, 1.54) is 14.2 Å². The Bertz CT molecular complexity index is 573. The summed E-state index contributed by atoms with van der Waals surface area (Å²) in [5.41, 5.74) is 0.553. The van der Waals surface area contributed by atoms with Crippen LogP contribution in [0.2, 0.25) is 0 Å². The van der Waals surface area contributed by atoms with E-state index in [1.54, 1.807) is 24.3 Å². The molecule has 0 aromatic heterocycles. The van der Waals surface area contributed by atoms with Crippen molar-refractivity contribution in [2.75, 3.05) is 26.0 Å². The molecule has 7 nitrogen and oxygen atoms in total. The Morgan fingerprint density at radius 1 is 1.38 bits per heavy atom. The van der Waals surface area contributed by atoms with Crippen LogP contribution < -0.4 is 15.4 Å². The van der Waals surface area contributed by atoms with E-state index in [2.05, 4.69) is 10.6 Å². The van der Waals surface area contributed by atoms with Gasteiger partial charge in [-0.3, -0.25) is 24.6 Å². The van der Waals surface area contributed by atoms with Crippen LogP contribution in [0.15, 0.2) is 24.3 Å². The number of nitrogens with one attached hydrogen (secondary N) is 2. The second-order valence-corrected chi connectivity index (χ2v) is 4.68. The van der Waals surface area contributed by atoms with Crippen molar-refractivity contribution in [3.05, 3.63) is 24.3 Å². The molecule has 0 aliphatic carbocycles. The van der Waals surface area contributed by atoms with Crippen LogP contribution in [0, 0.1) is 0 Å². The van der Waals surface area contributed by atoms with E-state index >= 15 is 0 Å². The van der Waals surface area contributed by atoms with E-state index in [9.17, 15) is 14.4 Å². The molecule has 1 aliphatic heterocycles. The van der Waals surface area contributed by atoms with Gasteiger partial charge in [-0.2, -0.15) is 0 Å². The molecule has 0 bridgehead atoms. The molecule has 1 aromatic rings. The maximum atomic E-state index is 11.9. The lowest BCUT2D eigenvalue weighted by molar-refractivity contribution is -0.137. The van der Waals surface area contributed by atoms with Crippen LogP contribution >= 0.6 is 0 Å². The number of methoxy groups -OCH3 is 1. The molecular weight excluding hydrogens is 274 g/mol. The number of hydrogen-bond acceptors (Lipinski definition) is 5. The molecule has 1 heterocycles. The van der Waals surface area contributed by atoms with Gasteiger partial charge < -0.3 is 10.1 Å². The van der Waals surface area contributed by atoms with Crippen LogP contribution in [-0.2, 0) is 14.4 Å². The summed E-state index contributed by atoms with van der Waals surface area (Å²) in [7, 11) is 2.95. The maximum Gasteiger partial charge on any atom is 0.246 e. The van der Waals surface area contributed by atoms with Gasteiger partial charge in [0.2, 0.25) is 17.7 Å². The molecule has 1 aliphatic rings. The summed E-state index contributed by atoms with van der Waals surface area (Å²) in [4.78, 5) is 36.0. The lowest BCUT2D eigenvalue weighted by atomic mass is 10.2. The minimum Gasteiger partial charge on any atom is -0.495 e. The predicted octanol–water partition coefficient (Wildman–Crippen LogP) is -0.0194. The molecule has 1 unspecified atom stereocenters. The fourth-order valence-electron chi connectivity index (χ4n) is 2.07. The van der Waals surface area contributed by atoms with Gasteiger partial charge in [-0.05, 0) is 12.1 Å². The SMILES string of the molecule is COc1ccccc1NC(=O)CNC1CC(=O)N(C)C1=O. The number of carbonyl (C=O) groups excluding carboxylic acids is 3. The third-order valence-electron chi connectivity index (χ3n) is 3.27. The number of carbonyl (C=O) groups is 3. The van der Waals surface area contributed by atoms with E-state index in [0.29, 0.717) is 11.4 Å². The molecule has 1 saturated heterocycles. The minimum absolute atomic E-state index is 0.0599. The highest BCUT2D eigenvalue weighted by molar-refractivity contribution is 6.05. The van der Waals surface area contributed by atoms with E-state index in [0.717, 1.165) is 4.90 Å². The highest BCUT2D eigenvalue weighted by Crippen LogP contribution is 2.22. The number of anilines is 1. The van der Waals surface area contributed by atoms with Crippen molar-refractivity contribution < 1.29 is 19.1 Å². The smallest absolute Gasteiger partial charge is 0.246 e. The average Bonchev–Trinajstić information content (AvgIpc) is 2.73. The van der Waals surface area contributed by atoms with Crippen molar-refractivity contribution in [2.24, 2.45) is 0 Å². The van der Waals surface area contributed by atoms with Crippen molar-refractivity contribution in [3.8, 4) is 5.75 Å². The first-order valence-corrected chi connectivity index (χ1v) is 6.49. The van der Waals surface area contributed by atoms with Crippen LogP contribution in [0.5, 0.6) is 5.75 Å². The van der Waals surface area contributed by atoms with Crippen LogP contribution in [-0.4, -0.2) is 49.4 Å². The van der Waals surface area contributed by atoms with Gasteiger partial charge >= 0.3 is 0 Å². The average molecular weight is 291 g/mol. The molecule has 0 saturated carbocycles. The molecule has 7 heteroatoms. The van der Waals surface area contributed by atoms with Gasteiger partial charge in [0.05, 0.1) is 31.8 Å². The van der Waals surface area contributed by atoms with Crippen molar-refractivity contribution in [2.45, 2.75) is 12.5 Å². The number of nitrogens with zero attached hydrogens (tertiary/aromatic N) is 1. The Balaban J connectivity index is 1.88. The molecule has 21 heavy (non-hydrogen) atoms. The maximum absolute atomic E-state index is 11.9. The summed E-state index contributed by atoms with van der Waals surface area (Å²) in [5, 5.41) is 5.47. The van der Waals surface area contributed by atoms with Crippen LogP contribution in [0.1, 0.15) is 6.42 Å². The van der Waals surface area contributed by atoms with Gasteiger partial charge in [-0.25, -0.2) is 0 Å². The predicted molar refractivity (Wildman–Crippen MR) is 75.8 cm³/mol. The first-order valence-electron chi connectivity index (χ1n) is 6.49. The number of amides is 3. The molecule has 2 rings (SSSR count). The Morgan fingerprint density at radius 3 is 2.71 bits per heavy atom. The fraction of sp³-hybridized carbons (Fsp3) is 0.357. The topological polar surface area (TPSA) is 87.7 Å². The standard InChI is InChI=1S/C14H17N3O4/c1-17-13(19)7-10(14(17)20)15-8-12(18)16-9-5-3-4-6-11(9)21-2/h3-6,10,15H,7-8H2,1-2H3,(H,16,18). The molecule has 1 atom stereocenters. The summed E-state index contributed by atoms with van der Waals surface area (Å²) >= 11 is 0. The molecule has 1 aromatic carbocycles. The van der Waals surface area contributed by atoms with Crippen LogP contribution in [0.25, 0.3) is 0 Å². The fourth-order valence-corrected chi connectivity index (χ4v) is 2.07. The molecule has 1 fully saturated rings. The number of likely N-dealkylation sites (N-methyl/N-ethyl adjacent to an activating group) is 1. The zero-order valence-electron chi connectivity index (χ0n) is 11.9. The Kier molecular flexibility index (Phi) is 4.54. The van der Waals surface area contributed by atoms with Gasteiger partial charge in [0.1, 0.15) is 5.75 Å². The number of likely N-dealkylation sites (tertiary alicyclic amines) is 1. The number of rotatable bonds is 5. The van der Waals surface area contributed by atoms with Crippen molar-refractivity contribution in [3.63, 3.8) is 0 Å². The zero-order valence-corrected chi connectivity index (χ0v) is 11.9. The second-order valence-electron chi connectivity index (χ2n) is 4.68. The van der Waals surface area contributed by atoms with Gasteiger partial charge in [0.15, 0.2) is 0 Å². The summed E-state index contributed by atoms with van der Waals surface area (Å²) in [5.74, 6) is -0.320. The van der Waals surface area contributed by atoms with Crippen molar-refractivity contribution in [1.82, 2.24) is 10.2 Å². The minimum atomic E-state index is -0.633. The van der Waals surface area contributed by atoms with Gasteiger partial charge in [-0.1, -0.05) is 12.1 Å². The first kappa shape index (κ1) is 15.0. The third-order valence-corrected chi connectivity index (χ3v) is 3.27. The summed E-state index contributed by atoms with van der Waals surface area (Å²) < 4.78 is 5.13. The lowest BCUT2D eigenvalue weighted by Gasteiger charge is -2.12. The summed E-state index contributed by atoms with van der Waals surface area (Å²) in [6.07, 6.45) is 0.0806. The molecule has 0 spiro atoms. The van der Waals surface area contributed by atoms with Crippen molar-refractivity contribution in [1.29, 1.82) is 0 Å². The van der Waals surface area contributed by atoms with Crippen LogP contribution in [0.4, 0.5) is 5.69 Å². The Hall–Kier alpha value is -2.41. The summed E-state index contributed by atoms with van der Waals surface area (Å²) in [6.45, 7) is -0.0599. The Labute approximate surface area is 122 Å². The van der Waals surface area contributed by atoms with E-state index in [1.807, 2.05) is 0 Å². The number of ether oxygens (including phenoxy) is 1. The molecular formula is C14H17N3O4. The summed E-state index contributed by atoms with van der Waals surface area (Å²) in [6, 6.07) is 6.39. The first-order chi connectivity index (χ1) is 10.0. The molecule has 2 N–H and O–H groups in total. The highest BCUT2D eigenvalue weighted by atomic mass is 16.5. The van der Waals surface area contributed by atoms with E-state index in [4.69, 9.17) is 4.74 Å². The monoisotopic (exact) mass is 291 g/mol. The van der Waals surface area contributed by atoms with E-state index in [-0.39, 0.29) is 30.7 Å². The van der Waals surface area contributed by atoms with Crippen molar-refractivity contribution >= 4 is 23.4 Å². The quantitative estimate of drug-likeness (QED) is 0.745. The molecule has 112 valence electrons. The molecule has 3 amide bonds. The molecule has 0 radical (unpaired) electrons. The second kappa shape index (κ2) is 6.36. The normalized spacial score (nSPS) is 18.0. The van der Waals surface area contributed by atoms with Gasteiger partial charge in [0.25, 0.3) is 0 Å². The van der Waals surface area contributed by atoms with Gasteiger partial charge in [-0.15, -0.1) is 0 Å². The van der Waals surface area contributed by atoms with Crippen LogP contribution in [0.3, 0.4) is 0 Å².